The number of aliphatic hydroxyl groups is 1. The number of aliphatic hydroxyl groups excluding tert-OH is 1. The van der Waals surface area contributed by atoms with E-state index in [0.717, 1.165) is 25.2 Å². The van der Waals surface area contributed by atoms with Crippen LogP contribution in [0.2, 0.25) is 0 Å². The van der Waals surface area contributed by atoms with Crippen molar-refractivity contribution in [2.24, 2.45) is 17.3 Å². The average molecular weight is 296 g/mol. The third-order valence-electron chi connectivity index (χ3n) is 6.66. The van der Waals surface area contributed by atoms with Gasteiger partial charge in [0.05, 0.1) is 6.10 Å². The maximum Gasteiger partial charge on any atom is 1.00 e. The fourth-order valence-electron chi connectivity index (χ4n) is 5.54. The minimum Gasteiger partial charge on any atom is -1.00 e. The van der Waals surface area contributed by atoms with Gasteiger partial charge in [-0.2, -0.15) is 0 Å². The van der Waals surface area contributed by atoms with E-state index in [1.54, 1.807) is 0 Å². The first kappa shape index (κ1) is 15.9. The first-order chi connectivity index (χ1) is 9.59. The summed E-state index contributed by atoms with van der Waals surface area (Å²) in [4.78, 5) is 0. The van der Waals surface area contributed by atoms with Gasteiger partial charge in [-0.25, -0.2) is 0 Å². The van der Waals surface area contributed by atoms with Gasteiger partial charge in [-0.05, 0) is 85.0 Å². The molecule has 5 atom stereocenters. The second kappa shape index (κ2) is 5.56. The van der Waals surface area contributed by atoms with Crippen molar-refractivity contribution >= 4 is 0 Å². The molecule has 2 nitrogen and oxygen atoms in total. The van der Waals surface area contributed by atoms with E-state index in [4.69, 9.17) is 0 Å². The molecule has 2 fully saturated rings. The van der Waals surface area contributed by atoms with Crippen LogP contribution in [0.1, 0.15) is 57.5 Å². The standard InChI is InChI=1S/C18H24O2.Na.H/c1-18-9-8-14-13-5-3-12(19)10-11(13)2-4-15(14)16(18)6-7-17(18)20;;/h3,5,10,14-17,19-20H,2,4,6-9H2,1H3;;/q;+1;-1/t14-,15-,16+,17+,18+;;/m1../s1. The first-order valence-corrected chi connectivity index (χ1v) is 8.09. The molecule has 2 saturated carbocycles. The van der Waals surface area contributed by atoms with Crippen LogP contribution in [0.4, 0.5) is 0 Å². The number of aromatic hydroxyl groups is 1. The Labute approximate surface area is 150 Å². The fourth-order valence-corrected chi connectivity index (χ4v) is 5.54. The molecule has 0 unspecified atom stereocenters. The summed E-state index contributed by atoms with van der Waals surface area (Å²) in [5.41, 5.74) is 2.99. The summed E-state index contributed by atoms with van der Waals surface area (Å²) in [6.07, 6.45) is 6.78. The molecular formula is C18H25NaO2. The van der Waals surface area contributed by atoms with Gasteiger partial charge in [0.15, 0.2) is 0 Å². The van der Waals surface area contributed by atoms with Crippen LogP contribution >= 0.6 is 0 Å². The molecule has 1 aromatic carbocycles. The zero-order chi connectivity index (χ0) is 13.9. The second-order valence-corrected chi connectivity index (χ2v) is 7.44. The van der Waals surface area contributed by atoms with Gasteiger partial charge in [-0.15, -0.1) is 0 Å². The maximum absolute atomic E-state index is 10.4. The van der Waals surface area contributed by atoms with Crippen LogP contribution in [0.3, 0.4) is 0 Å². The summed E-state index contributed by atoms with van der Waals surface area (Å²) in [6, 6.07) is 5.96. The molecule has 21 heavy (non-hydrogen) atoms. The van der Waals surface area contributed by atoms with Gasteiger partial charge < -0.3 is 11.6 Å². The van der Waals surface area contributed by atoms with Crippen LogP contribution in [0.5, 0.6) is 5.75 Å². The Hall–Kier alpha value is -0.0200. The Kier molecular flexibility index (Phi) is 4.20. The van der Waals surface area contributed by atoms with E-state index in [2.05, 4.69) is 13.0 Å². The molecule has 0 saturated heterocycles. The summed E-state index contributed by atoms with van der Waals surface area (Å²) in [6.45, 7) is 2.32. The molecule has 0 amide bonds. The zero-order valence-corrected chi connectivity index (χ0v) is 15.2. The second-order valence-electron chi connectivity index (χ2n) is 7.44. The largest absolute Gasteiger partial charge is 1.00 e. The van der Waals surface area contributed by atoms with E-state index in [0.29, 0.717) is 17.6 Å². The normalized spacial score (nSPS) is 40.7. The van der Waals surface area contributed by atoms with Gasteiger partial charge >= 0.3 is 29.6 Å². The van der Waals surface area contributed by atoms with Crippen molar-refractivity contribution in [1.82, 2.24) is 0 Å². The smallest absolute Gasteiger partial charge is 1.00 e. The average Bonchev–Trinajstić information content (AvgIpc) is 2.74. The summed E-state index contributed by atoms with van der Waals surface area (Å²) in [5, 5.41) is 20.0. The third-order valence-corrected chi connectivity index (χ3v) is 6.66. The van der Waals surface area contributed by atoms with Crippen molar-refractivity contribution in [3.63, 3.8) is 0 Å². The predicted octanol–water partition coefficient (Wildman–Crippen LogP) is 0.726. The molecule has 3 heteroatoms. The van der Waals surface area contributed by atoms with Crippen LogP contribution in [0, 0.1) is 17.3 Å². The number of aryl methyl sites for hydroxylation is 1. The number of benzene rings is 1. The third kappa shape index (κ3) is 2.30. The van der Waals surface area contributed by atoms with Gasteiger partial charge in [0.25, 0.3) is 0 Å². The van der Waals surface area contributed by atoms with Crippen LogP contribution in [-0.2, 0) is 6.42 Å². The summed E-state index contributed by atoms with van der Waals surface area (Å²) < 4.78 is 0. The van der Waals surface area contributed by atoms with Gasteiger partial charge in [0.2, 0.25) is 0 Å². The SMILES string of the molecule is C[C@]12CC[C@@H]3c4ccc(O)cc4CC[C@H]3[C@@H]1CC[C@@H]2O.[H-].[Na+]. The number of hydrogen-bond donors (Lipinski definition) is 2. The fraction of sp³-hybridized carbons (Fsp3) is 0.667. The molecule has 4 rings (SSSR count). The Bertz CT molecular complexity index is 550. The van der Waals surface area contributed by atoms with Gasteiger partial charge in [-0.3, -0.25) is 0 Å². The molecule has 2 N–H and O–H groups in total. The summed E-state index contributed by atoms with van der Waals surface area (Å²) in [5.74, 6) is 2.49. The number of phenolic OH excluding ortho intramolecular Hbond substituents is 1. The minimum atomic E-state index is -0.0883. The molecule has 0 radical (unpaired) electrons. The topological polar surface area (TPSA) is 40.5 Å². The minimum absolute atomic E-state index is 0. The molecule has 3 aliphatic rings. The van der Waals surface area contributed by atoms with Gasteiger partial charge in [0, 0.05) is 0 Å². The van der Waals surface area contributed by atoms with Crippen LogP contribution < -0.4 is 29.6 Å². The zero-order valence-electron chi connectivity index (χ0n) is 14.2. The number of rotatable bonds is 0. The van der Waals surface area contributed by atoms with E-state index in [9.17, 15) is 10.2 Å². The van der Waals surface area contributed by atoms with E-state index in [-0.39, 0.29) is 42.5 Å². The molecule has 0 heterocycles. The monoisotopic (exact) mass is 296 g/mol. The summed E-state index contributed by atoms with van der Waals surface area (Å²) in [7, 11) is 0. The molecule has 110 valence electrons. The molecule has 0 bridgehead atoms. The Morgan fingerprint density at radius 1 is 1.19 bits per heavy atom. The Morgan fingerprint density at radius 3 is 2.81 bits per heavy atom. The summed E-state index contributed by atoms with van der Waals surface area (Å²) >= 11 is 0. The van der Waals surface area contributed by atoms with E-state index >= 15 is 0 Å². The van der Waals surface area contributed by atoms with E-state index in [1.165, 1.54) is 30.4 Å². The van der Waals surface area contributed by atoms with Crippen molar-refractivity contribution in [2.45, 2.75) is 57.5 Å². The van der Waals surface area contributed by atoms with Crippen LogP contribution in [0.25, 0.3) is 0 Å². The van der Waals surface area contributed by atoms with Gasteiger partial charge in [0.1, 0.15) is 5.75 Å². The molecule has 0 aromatic heterocycles. The molecular weight excluding hydrogens is 271 g/mol. The van der Waals surface area contributed by atoms with Crippen LogP contribution in [-0.4, -0.2) is 16.3 Å². The van der Waals surface area contributed by atoms with Crippen molar-refractivity contribution in [3.8, 4) is 5.75 Å². The van der Waals surface area contributed by atoms with Crippen molar-refractivity contribution in [3.05, 3.63) is 29.3 Å². The predicted molar refractivity (Wildman–Crippen MR) is 79.8 cm³/mol. The van der Waals surface area contributed by atoms with Crippen LogP contribution in [0.15, 0.2) is 18.2 Å². The van der Waals surface area contributed by atoms with E-state index < -0.39 is 0 Å². The quantitative estimate of drug-likeness (QED) is 0.693. The van der Waals surface area contributed by atoms with Crippen molar-refractivity contribution in [1.29, 1.82) is 0 Å². The molecule has 0 aliphatic heterocycles. The number of fused-ring (bicyclic) bond motifs is 5. The number of hydrogen-bond acceptors (Lipinski definition) is 2. The molecule has 3 aliphatic carbocycles. The van der Waals surface area contributed by atoms with Crippen molar-refractivity contribution in [2.75, 3.05) is 0 Å². The first-order valence-electron chi connectivity index (χ1n) is 8.09. The Morgan fingerprint density at radius 2 is 2.00 bits per heavy atom. The Balaban J connectivity index is 0.000000882. The number of phenols is 1. The molecule has 1 aromatic rings. The van der Waals surface area contributed by atoms with Crippen molar-refractivity contribution < 1.29 is 41.2 Å². The maximum atomic E-state index is 10.4. The van der Waals surface area contributed by atoms with E-state index in [1.807, 2.05) is 12.1 Å². The van der Waals surface area contributed by atoms with Gasteiger partial charge in [-0.1, -0.05) is 13.0 Å². The molecule has 0 spiro atoms.